The molecule has 3 nitrogen and oxygen atoms in total. The second-order valence-electron chi connectivity index (χ2n) is 3.59. The normalized spacial score (nSPS) is 27.4. The van der Waals surface area contributed by atoms with Crippen molar-refractivity contribution in [2.24, 2.45) is 5.73 Å². The molecule has 0 atom stereocenters. The van der Waals surface area contributed by atoms with Crippen LogP contribution >= 0.6 is 0 Å². The lowest BCUT2D eigenvalue weighted by atomic mass is 9.88. The highest BCUT2D eigenvalue weighted by Crippen LogP contribution is 2.33. The zero-order chi connectivity index (χ0) is 10.3. The molecular weight excluding hydrogens is 195 g/mol. The van der Waals surface area contributed by atoms with Gasteiger partial charge in [-0.25, -0.2) is 0 Å². The smallest absolute Gasteiger partial charge is 0.328 e. The van der Waals surface area contributed by atoms with E-state index in [-0.39, 0.29) is 12.1 Å². The molecule has 0 bridgehead atoms. The Morgan fingerprint density at radius 2 is 2.07 bits per heavy atom. The van der Waals surface area contributed by atoms with Crippen molar-refractivity contribution in [3.63, 3.8) is 0 Å². The molecule has 0 unspecified atom stereocenters. The van der Waals surface area contributed by atoms with Gasteiger partial charge in [-0.3, -0.25) is 4.68 Å². The Hall–Kier alpha value is -1.04. The fourth-order valence-corrected chi connectivity index (χ4v) is 1.53. The number of rotatable bonds is 1. The molecule has 1 heterocycles. The van der Waals surface area contributed by atoms with Gasteiger partial charge >= 0.3 is 6.18 Å². The van der Waals surface area contributed by atoms with E-state index in [0.29, 0.717) is 12.8 Å². The van der Waals surface area contributed by atoms with E-state index in [1.54, 1.807) is 0 Å². The van der Waals surface area contributed by atoms with E-state index in [9.17, 15) is 13.2 Å². The highest BCUT2D eigenvalue weighted by Gasteiger charge is 2.34. The second-order valence-corrected chi connectivity index (χ2v) is 3.59. The van der Waals surface area contributed by atoms with Crippen molar-refractivity contribution in [3.8, 4) is 0 Å². The molecule has 0 radical (unpaired) electrons. The van der Waals surface area contributed by atoms with Crippen molar-refractivity contribution in [3.05, 3.63) is 18.0 Å². The number of hydrogen-bond donors (Lipinski definition) is 1. The van der Waals surface area contributed by atoms with Crippen molar-refractivity contribution in [2.45, 2.75) is 31.1 Å². The monoisotopic (exact) mass is 205 g/mol. The molecule has 1 aliphatic carbocycles. The SMILES string of the molecule is NC1CC(n2cc(C(F)(F)F)cn2)C1. The van der Waals surface area contributed by atoms with Crippen LogP contribution in [0.2, 0.25) is 0 Å². The maximum absolute atomic E-state index is 12.2. The maximum atomic E-state index is 12.2. The predicted octanol–water partition coefficient (Wildman–Crippen LogP) is 1.56. The van der Waals surface area contributed by atoms with Crippen molar-refractivity contribution in [1.29, 1.82) is 0 Å². The molecule has 0 aromatic carbocycles. The molecule has 0 saturated heterocycles. The number of aromatic nitrogens is 2. The van der Waals surface area contributed by atoms with Gasteiger partial charge in [0.25, 0.3) is 0 Å². The van der Waals surface area contributed by atoms with Gasteiger partial charge in [0, 0.05) is 12.2 Å². The van der Waals surface area contributed by atoms with Crippen LogP contribution in [0.5, 0.6) is 0 Å². The first kappa shape index (κ1) is 9.51. The zero-order valence-electron chi connectivity index (χ0n) is 7.33. The first-order chi connectivity index (χ1) is 6.47. The zero-order valence-corrected chi connectivity index (χ0v) is 7.33. The van der Waals surface area contributed by atoms with E-state index in [1.165, 1.54) is 4.68 Å². The Kier molecular flexibility index (Phi) is 2.02. The molecule has 1 fully saturated rings. The van der Waals surface area contributed by atoms with Crippen LogP contribution in [0.4, 0.5) is 13.2 Å². The van der Waals surface area contributed by atoms with Gasteiger partial charge in [0.2, 0.25) is 0 Å². The van der Waals surface area contributed by atoms with Crippen molar-refractivity contribution in [1.82, 2.24) is 9.78 Å². The molecule has 0 aliphatic heterocycles. The average molecular weight is 205 g/mol. The number of alkyl halides is 3. The largest absolute Gasteiger partial charge is 0.419 e. The van der Waals surface area contributed by atoms with E-state index in [1.807, 2.05) is 0 Å². The first-order valence-corrected chi connectivity index (χ1v) is 4.34. The van der Waals surface area contributed by atoms with Crippen LogP contribution in [0.3, 0.4) is 0 Å². The first-order valence-electron chi connectivity index (χ1n) is 4.34. The maximum Gasteiger partial charge on any atom is 0.419 e. The van der Waals surface area contributed by atoms with Crippen molar-refractivity contribution >= 4 is 0 Å². The van der Waals surface area contributed by atoms with Crippen LogP contribution < -0.4 is 5.73 Å². The molecule has 78 valence electrons. The predicted molar refractivity (Wildman–Crippen MR) is 43.5 cm³/mol. The molecule has 6 heteroatoms. The molecule has 0 amide bonds. The summed E-state index contributed by atoms with van der Waals surface area (Å²) in [7, 11) is 0. The Morgan fingerprint density at radius 1 is 1.43 bits per heavy atom. The summed E-state index contributed by atoms with van der Waals surface area (Å²) < 4.78 is 37.9. The third-order valence-corrected chi connectivity index (χ3v) is 2.45. The van der Waals surface area contributed by atoms with Gasteiger partial charge in [-0.1, -0.05) is 0 Å². The summed E-state index contributed by atoms with van der Waals surface area (Å²) in [5, 5.41) is 3.68. The minimum Gasteiger partial charge on any atom is -0.328 e. The van der Waals surface area contributed by atoms with Gasteiger partial charge in [-0.05, 0) is 12.8 Å². The van der Waals surface area contributed by atoms with Gasteiger partial charge in [0.15, 0.2) is 0 Å². The Morgan fingerprint density at radius 3 is 2.50 bits per heavy atom. The summed E-state index contributed by atoms with van der Waals surface area (Å²) in [6, 6.07) is 0.152. The lowest BCUT2D eigenvalue weighted by Gasteiger charge is -2.32. The topological polar surface area (TPSA) is 43.8 Å². The molecule has 1 aliphatic rings. The summed E-state index contributed by atoms with van der Waals surface area (Å²) in [6.45, 7) is 0. The number of halogens is 3. The Labute approximate surface area is 78.7 Å². The molecular formula is C8H10F3N3. The molecule has 2 N–H and O–H groups in total. The van der Waals surface area contributed by atoms with Crippen molar-refractivity contribution < 1.29 is 13.2 Å². The lowest BCUT2D eigenvalue weighted by molar-refractivity contribution is -0.137. The third kappa shape index (κ3) is 1.61. The van der Waals surface area contributed by atoms with E-state index >= 15 is 0 Å². The fraction of sp³-hybridized carbons (Fsp3) is 0.625. The van der Waals surface area contributed by atoms with E-state index < -0.39 is 11.7 Å². The van der Waals surface area contributed by atoms with Crippen LogP contribution in [0.15, 0.2) is 12.4 Å². The van der Waals surface area contributed by atoms with E-state index in [4.69, 9.17) is 5.73 Å². The van der Waals surface area contributed by atoms with Gasteiger partial charge in [0.1, 0.15) is 0 Å². The molecule has 14 heavy (non-hydrogen) atoms. The minimum absolute atomic E-state index is 0.0427. The molecule has 1 saturated carbocycles. The summed E-state index contributed by atoms with van der Waals surface area (Å²) in [5.74, 6) is 0. The summed E-state index contributed by atoms with van der Waals surface area (Å²) in [4.78, 5) is 0. The number of nitrogens with two attached hydrogens (primary N) is 1. The van der Waals surface area contributed by atoms with Crippen LogP contribution in [0.25, 0.3) is 0 Å². The Bertz CT molecular complexity index is 325. The van der Waals surface area contributed by atoms with Gasteiger partial charge in [-0.15, -0.1) is 0 Å². The lowest BCUT2D eigenvalue weighted by Crippen LogP contribution is -2.37. The van der Waals surface area contributed by atoms with Gasteiger partial charge in [-0.2, -0.15) is 18.3 Å². The number of hydrogen-bond acceptors (Lipinski definition) is 2. The molecule has 2 rings (SSSR count). The second kappa shape index (κ2) is 2.98. The molecule has 0 spiro atoms. The van der Waals surface area contributed by atoms with Gasteiger partial charge in [0.05, 0.1) is 17.8 Å². The summed E-state index contributed by atoms with van der Waals surface area (Å²) in [5.41, 5.74) is 4.84. The number of nitrogens with zero attached hydrogens (tertiary/aromatic N) is 2. The van der Waals surface area contributed by atoms with Crippen molar-refractivity contribution in [2.75, 3.05) is 0 Å². The third-order valence-electron chi connectivity index (χ3n) is 2.45. The molecule has 1 aromatic heterocycles. The van der Waals surface area contributed by atoms with E-state index in [2.05, 4.69) is 5.10 Å². The van der Waals surface area contributed by atoms with Crippen LogP contribution in [0.1, 0.15) is 24.4 Å². The van der Waals surface area contributed by atoms with Crippen LogP contribution in [-0.4, -0.2) is 15.8 Å². The fourth-order valence-electron chi connectivity index (χ4n) is 1.53. The summed E-state index contributed by atoms with van der Waals surface area (Å²) in [6.07, 6.45) is -0.998. The van der Waals surface area contributed by atoms with Crippen LogP contribution in [-0.2, 0) is 6.18 Å². The summed E-state index contributed by atoms with van der Waals surface area (Å²) >= 11 is 0. The average Bonchev–Trinajstić information content (AvgIpc) is 2.45. The van der Waals surface area contributed by atoms with E-state index in [0.717, 1.165) is 12.4 Å². The highest BCUT2D eigenvalue weighted by atomic mass is 19.4. The van der Waals surface area contributed by atoms with Crippen LogP contribution in [0, 0.1) is 0 Å². The highest BCUT2D eigenvalue weighted by molar-refractivity contribution is 5.09. The standard InChI is InChI=1S/C8H10F3N3/c9-8(10,11)5-3-13-14(4-5)7-1-6(12)2-7/h3-4,6-7H,1-2,12H2. The molecule has 1 aromatic rings. The quantitative estimate of drug-likeness (QED) is 0.756. The Balaban J connectivity index is 2.11. The minimum atomic E-state index is -4.30. The van der Waals surface area contributed by atoms with Gasteiger partial charge < -0.3 is 5.73 Å².